The molecule has 1 N–H and O–H groups in total. The number of halogens is 3. The molecule has 0 aliphatic heterocycles. The number of amides is 1. The highest BCUT2D eigenvalue weighted by atomic mass is 19.4. The molecule has 3 rings (SSSR count). The van der Waals surface area contributed by atoms with Gasteiger partial charge in [0.15, 0.2) is 0 Å². The maximum Gasteiger partial charge on any atom is 0.416 e. The topological polar surface area (TPSA) is 38.3 Å². The van der Waals surface area contributed by atoms with Crippen molar-refractivity contribution in [1.82, 2.24) is 0 Å². The van der Waals surface area contributed by atoms with E-state index in [1.54, 1.807) is 0 Å². The van der Waals surface area contributed by atoms with Crippen molar-refractivity contribution in [1.29, 1.82) is 0 Å². The number of rotatable bonds is 2. The second-order valence-electron chi connectivity index (χ2n) is 6.85. The first-order valence-electron chi connectivity index (χ1n) is 8.57. The van der Waals surface area contributed by atoms with E-state index in [1.807, 2.05) is 0 Å². The van der Waals surface area contributed by atoms with Crippen LogP contribution in [0.15, 0.2) is 24.3 Å². The molecule has 0 radical (unpaired) electrons. The smallest absolute Gasteiger partial charge is 0.416 e. The molecule has 0 unspecified atom stereocenters. The number of fused-ring (bicyclic) bond motifs is 1. The van der Waals surface area contributed by atoms with Gasteiger partial charge in [0.05, 0.1) is 5.56 Å². The molecule has 2 saturated carbocycles. The summed E-state index contributed by atoms with van der Waals surface area (Å²) in [4.78, 5) is 12.0. The van der Waals surface area contributed by atoms with Crippen molar-refractivity contribution in [2.24, 2.45) is 11.8 Å². The third kappa shape index (κ3) is 4.22. The van der Waals surface area contributed by atoms with Crippen LogP contribution in [0.3, 0.4) is 0 Å². The van der Waals surface area contributed by atoms with Gasteiger partial charge in [0.2, 0.25) is 0 Å². The van der Waals surface area contributed by atoms with Gasteiger partial charge in [-0.3, -0.25) is 5.32 Å². The normalized spacial score (nSPS) is 27.2. The van der Waals surface area contributed by atoms with Crippen molar-refractivity contribution in [3.63, 3.8) is 0 Å². The molecule has 0 spiro atoms. The van der Waals surface area contributed by atoms with Crippen LogP contribution in [0.2, 0.25) is 0 Å². The van der Waals surface area contributed by atoms with Crippen molar-refractivity contribution in [3.8, 4) is 0 Å². The minimum absolute atomic E-state index is 0.0983. The first-order chi connectivity index (χ1) is 11.4. The van der Waals surface area contributed by atoms with E-state index in [0.29, 0.717) is 5.92 Å². The van der Waals surface area contributed by atoms with Gasteiger partial charge < -0.3 is 4.74 Å². The van der Waals surface area contributed by atoms with E-state index in [-0.39, 0.29) is 11.8 Å². The van der Waals surface area contributed by atoms with Crippen LogP contribution in [0, 0.1) is 11.8 Å². The van der Waals surface area contributed by atoms with Crippen molar-refractivity contribution in [3.05, 3.63) is 29.8 Å². The number of anilines is 1. The van der Waals surface area contributed by atoms with Crippen LogP contribution in [0.25, 0.3) is 0 Å². The molecule has 24 heavy (non-hydrogen) atoms. The van der Waals surface area contributed by atoms with Crippen LogP contribution in [0.4, 0.5) is 23.7 Å². The molecule has 2 aliphatic carbocycles. The zero-order valence-corrected chi connectivity index (χ0v) is 13.4. The maximum absolute atomic E-state index is 12.7. The first kappa shape index (κ1) is 17.1. The zero-order chi connectivity index (χ0) is 17.2. The fraction of sp³-hybridized carbons (Fsp3) is 0.611. The van der Waals surface area contributed by atoms with E-state index < -0.39 is 17.8 Å². The van der Waals surface area contributed by atoms with Gasteiger partial charge in [0.25, 0.3) is 0 Å². The predicted molar refractivity (Wildman–Crippen MR) is 84.6 cm³/mol. The Morgan fingerprint density at radius 2 is 1.83 bits per heavy atom. The highest BCUT2D eigenvalue weighted by molar-refractivity contribution is 5.84. The second-order valence-corrected chi connectivity index (χ2v) is 6.85. The van der Waals surface area contributed by atoms with Crippen LogP contribution in [-0.2, 0) is 10.9 Å². The Balaban J connectivity index is 1.54. The van der Waals surface area contributed by atoms with Crippen molar-refractivity contribution >= 4 is 11.8 Å². The number of benzene rings is 1. The Bertz CT molecular complexity index is 588. The monoisotopic (exact) mass is 341 g/mol. The lowest BCUT2D eigenvalue weighted by Gasteiger charge is -2.38. The lowest BCUT2D eigenvalue weighted by atomic mass is 9.70. The molecule has 2 aliphatic rings. The molecule has 1 aromatic carbocycles. The van der Waals surface area contributed by atoms with E-state index in [1.165, 1.54) is 37.8 Å². The molecule has 3 nitrogen and oxygen atoms in total. The van der Waals surface area contributed by atoms with Gasteiger partial charge >= 0.3 is 12.3 Å². The molecule has 1 aromatic rings. The Morgan fingerprint density at radius 1 is 1.08 bits per heavy atom. The van der Waals surface area contributed by atoms with Crippen LogP contribution in [-0.4, -0.2) is 12.2 Å². The van der Waals surface area contributed by atoms with Gasteiger partial charge in [-0.1, -0.05) is 31.7 Å². The number of ether oxygens (including phenoxy) is 1. The Morgan fingerprint density at radius 3 is 2.58 bits per heavy atom. The summed E-state index contributed by atoms with van der Waals surface area (Å²) in [5.41, 5.74) is -0.691. The molecule has 0 bridgehead atoms. The van der Waals surface area contributed by atoms with Crippen molar-refractivity contribution < 1.29 is 22.7 Å². The fourth-order valence-electron chi connectivity index (χ4n) is 4.01. The van der Waals surface area contributed by atoms with Crippen LogP contribution < -0.4 is 5.32 Å². The van der Waals surface area contributed by atoms with Gasteiger partial charge in [0.1, 0.15) is 6.10 Å². The quantitative estimate of drug-likeness (QED) is 0.759. The third-order valence-corrected chi connectivity index (χ3v) is 5.20. The summed E-state index contributed by atoms with van der Waals surface area (Å²) in [6.45, 7) is 0. The summed E-state index contributed by atoms with van der Waals surface area (Å²) in [6.07, 6.45) is 2.56. The van der Waals surface area contributed by atoms with Gasteiger partial charge in [-0.2, -0.15) is 13.2 Å². The van der Waals surface area contributed by atoms with E-state index in [4.69, 9.17) is 4.74 Å². The standard InChI is InChI=1S/C18H22F3NO2/c19-18(20,21)14-6-3-7-15(11-14)22-17(23)24-16-9-8-12-4-1-2-5-13(12)10-16/h3,6-7,11-13,16H,1-2,4-5,8-10H2,(H,22,23)/t12-,13-,16-/m1/s1. The summed E-state index contributed by atoms with van der Waals surface area (Å²) in [6, 6.07) is 4.58. The fourth-order valence-corrected chi connectivity index (χ4v) is 4.01. The summed E-state index contributed by atoms with van der Waals surface area (Å²) < 4.78 is 43.5. The average Bonchev–Trinajstić information content (AvgIpc) is 2.54. The first-order valence-corrected chi connectivity index (χ1v) is 8.57. The Kier molecular flexibility index (Phi) is 5.01. The molecule has 0 aromatic heterocycles. The van der Waals surface area contributed by atoms with Gasteiger partial charge in [-0.25, -0.2) is 4.79 Å². The number of hydrogen-bond donors (Lipinski definition) is 1. The molecule has 2 fully saturated rings. The molecule has 3 atom stereocenters. The number of carbonyl (C=O) groups is 1. The number of carbonyl (C=O) groups excluding carboxylic acids is 1. The Labute approximate surface area is 139 Å². The van der Waals surface area contributed by atoms with Gasteiger partial charge in [-0.05, 0) is 49.3 Å². The van der Waals surface area contributed by atoms with Crippen LogP contribution >= 0.6 is 0 Å². The van der Waals surface area contributed by atoms with Gasteiger partial charge in [-0.15, -0.1) is 0 Å². The van der Waals surface area contributed by atoms with Crippen LogP contribution in [0.5, 0.6) is 0 Å². The molecular formula is C18H22F3NO2. The minimum Gasteiger partial charge on any atom is -0.446 e. The van der Waals surface area contributed by atoms with Crippen molar-refractivity contribution in [2.45, 2.75) is 57.2 Å². The second kappa shape index (κ2) is 7.03. The molecule has 6 heteroatoms. The van der Waals surface area contributed by atoms with Crippen molar-refractivity contribution in [2.75, 3.05) is 5.32 Å². The summed E-state index contributed by atoms with van der Waals surface area (Å²) in [5.74, 6) is 1.38. The van der Waals surface area contributed by atoms with Crippen LogP contribution in [0.1, 0.15) is 50.5 Å². The van der Waals surface area contributed by atoms with E-state index in [9.17, 15) is 18.0 Å². The average molecular weight is 341 g/mol. The number of nitrogens with one attached hydrogen (secondary N) is 1. The number of alkyl halides is 3. The molecule has 132 valence electrons. The summed E-state index contributed by atoms with van der Waals surface area (Å²) >= 11 is 0. The summed E-state index contributed by atoms with van der Waals surface area (Å²) in [5, 5.41) is 2.41. The van der Waals surface area contributed by atoms with Gasteiger partial charge in [0, 0.05) is 5.69 Å². The van der Waals surface area contributed by atoms with E-state index in [0.717, 1.165) is 37.3 Å². The largest absolute Gasteiger partial charge is 0.446 e. The lowest BCUT2D eigenvalue weighted by molar-refractivity contribution is -0.137. The highest BCUT2D eigenvalue weighted by Gasteiger charge is 2.34. The molecule has 1 amide bonds. The lowest BCUT2D eigenvalue weighted by Crippen LogP contribution is -2.34. The zero-order valence-electron chi connectivity index (χ0n) is 13.4. The highest BCUT2D eigenvalue weighted by Crippen LogP contribution is 2.41. The number of hydrogen-bond acceptors (Lipinski definition) is 2. The SMILES string of the molecule is O=C(Nc1cccc(C(F)(F)F)c1)O[C@@H]1CC[C@H]2CCCC[C@@H]2C1. The molecule has 0 heterocycles. The Hall–Kier alpha value is -1.72. The minimum atomic E-state index is -4.43. The third-order valence-electron chi connectivity index (χ3n) is 5.20. The molecule has 0 saturated heterocycles. The maximum atomic E-state index is 12.7. The molecular weight excluding hydrogens is 319 g/mol. The van der Waals surface area contributed by atoms with E-state index >= 15 is 0 Å². The van der Waals surface area contributed by atoms with E-state index in [2.05, 4.69) is 5.32 Å². The summed E-state index contributed by atoms with van der Waals surface area (Å²) in [7, 11) is 0. The predicted octanol–water partition coefficient (Wildman–Crippen LogP) is 5.61.